The lowest BCUT2D eigenvalue weighted by Gasteiger charge is -2.27. The van der Waals surface area contributed by atoms with Crippen molar-refractivity contribution in [1.82, 2.24) is 9.78 Å². The van der Waals surface area contributed by atoms with Crippen molar-refractivity contribution in [2.45, 2.75) is 26.4 Å². The molecule has 0 saturated carbocycles. The first kappa shape index (κ1) is 20.3. The van der Waals surface area contributed by atoms with Crippen LogP contribution in [0.2, 0.25) is 0 Å². The minimum Gasteiger partial charge on any atom is -0.462 e. The molecule has 0 bridgehead atoms. The number of aryl methyl sites for hydroxylation is 1. The highest BCUT2D eigenvalue weighted by Gasteiger charge is 2.24. The first-order chi connectivity index (χ1) is 15.0. The van der Waals surface area contributed by atoms with Gasteiger partial charge in [0, 0.05) is 23.7 Å². The van der Waals surface area contributed by atoms with Gasteiger partial charge in [-0.1, -0.05) is 12.1 Å². The van der Waals surface area contributed by atoms with Crippen molar-refractivity contribution in [2.24, 2.45) is 0 Å². The van der Waals surface area contributed by atoms with Crippen LogP contribution in [0.25, 0.3) is 0 Å². The number of carbonyl (C=O) groups is 3. The zero-order valence-corrected chi connectivity index (χ0v) is 17.1. The molecule has 4 rings (SSSR count). The van der Waals surface area contributed by atoms with Crippen molar-refractivity contribution >= 4 is 29.3 Å². The molecule has 2 amide bonds. The summed E-state index contributed by atoms with van der Waals surface area (Å²) < 4.78 is 6.77. The van der Waals surface area contributed by atoms with Gasteiger partial charge in [0.15, 0.2) is 0 Å². The molecule has 8 heteroatoms. The molecular formula is C23H22N4O4. The Morgan fingerprint density at radius 1 is 1.03 bits per heavy atom. The Hall–Kier alpha value is -3.94. The minimum absolute atomic E-state index is 0.0566. The van der Waals surface area contributed by atoms with Gasteiger partial charge in [0.1, 0.15) is 5.82 Å². The zero-order chi connectivity index (χ0) is 21.8. The van der Waals surface area contributed by atoms with E-state index in [1.165, 1.54) is 0 Å². The van der Waals surface area contributed by atoms with Gasteiger partial charge in [-0.15, -0.1) is 0 Å². The summed E-state index contributed by atoms with van der Waals surface area (Å²) in [4.78, 5) is 38.3. The Morgan fingerprint density at radius 3 is 2.45 bits per heavy atom. The highest BCUT2D eigenvalue weighted by atomic mass is 16.5. The van der Waals surface area contributed by atoms with E-state index in [0.29, 0.717) is 42.9 Å². The monoisotopic (exact) mass is 418 g/mol. The number of hydrogen-bond acceptors (Lipinski definition) is 5. The predicted octanol–water partition coefficient (Wildman–Crippen LogP) is 3.25. The van der Waals surface area contributed by atoms with Crippen LogP contribution in [0.3, 0.4) is 0 Å². The molecule has 158 valence electrons. The molecule has 1 aliphatic heterocycles. The minimum atomic E-state index is -0.397. The summed E-state index contributed by atoms with van der Waals surface area (Å²) in [5, 5.41) is 7.04. The third-order valence-corrected chi connectivity index (χ3v) is 5.02. The fourth-order valence-corrected chi connectivity index (χ4v) is 3.41. The molecule has 1 N–H and O–H groups in total. The van der Waals surface area contributed by atoms with E-state index in [-0.39, 0.29) is 11.8 Å². The summed E-state index contributed by atoms with van der Waals surface area (Å²) in [7, 11) is 0. The number of aromatic nitrogens is 2. The van der Waals surface area contributed by atoms with E-state index in [4.69, 9.17) is 4.74 Å². The van der Waals surface area contributed by atoms with E-state index >= 15 is 0 Å². The molecule has 0 unspecified atom stereocenters. The van der Waals surface area contributed by atoms with Crippen LogP contribution in [0.15, 0.2) is 60.8 Å². The van der Waals surface area contributed by atoms with Crippen molar-refractivity contribution in [3.8, 4) is 0 Å². The van der Waals surface area contributed by atoms with Crippen LogP contribution in [0.5, 0.6) is 0 Å². The highest BCUT2D eigenvalue weighted by molar-refractivity contribution is 6.04. The van der Waals surface area contributed by atoms with Gasteiger partial charge in [0.05, 0.1) is 31.5 Å². The van der Waals surface area contributed by atoms with Crippen molar-refractivity contribution in [1.29, 1.82) is 0 Å². The average molecular weight is 418 g/mol. The molecule has 2 aromatic carbocycles. The summed E-state index contributed by atoms with van der Waals surface area (Å²) >= 11 is 0. The number of nitrogens with one attached hydrogen (secondary N) is 1. The number of anilines is 2. The number of ether oxygens (including phenoxy) is 1. The second kappa shape index (κ2) is 8.83. The Morgan fingerprint density at radius 2 is 1.74 bits per heavy atom. The van der Waals surface area contributed by atoms with Gasteiger partial charge >= 0.3 is 5.97 Å². The molecule has 3 aromatic rings. The molecular weight excluding hydrogens is 396 g/mol. The van der Waals surface area contributed by atoms with Gasteiger partial charge in [-0.05, 0) is 48.9 Å². The van der Waals surface area contributed by atoms with Gasteiger partial charge in [0.2, 0.25) is 5.91 Å². The standard InChI is InChI=1S/C23H22N4O4/c1-2-31-23(30)18-7-9-19(10-8-18)25-22(29)17-5-3-16(4-6-17)15-26-20-11-13-24-27(20)14-12-21(26)28/h3-11,13H,2,12,14-15H2,1H3,(H,25,29). The molecule has 0 fully saturated rings. The second-order valence-electron chi connectivity index (χ2n) is 7.09. The number of nitrogens with zero attached hydrogens (tertiary/aromatic N) is 3. The fourth-order valence-electron chi connectivity index (χ4n) is 3.41. The SMILES string of the molecule is CCOC(=O)c1ccc(NC(=O)c2ccc(CN3C(=O)CCn4nccc43)cc2)cc1. The maximum absolute atomic E-state index is 12.5. The molecule has 0 radical (unpaired) electrons. The lowest BCUT2D eigenvalue weighted by Crippen LogP contribution is -2.36. The number of fused-ring (bicyclic) bond motifs is 1. The van der Waals surface area contributed by atoms with Crippen LogP contribution in [-0.2, 0) is 22.6 Å². The Balaban J connectivity index is 1.40. The van der Waals surface area contributed by atoms with Crippen LogP contribution >= 0.6 is 0 Å². The average Bonchev–Trinajstić information content (AvgIpc) is 3.26. The van der Waals surface area contributed by atoms with Crippen molar-refractivity contribution < 1.29 is 19.1 Å². The normalized spacial score (nSPS) is 12.9. The highest BCUT2D eigenvalue weighted by Crippen LogP contribution is 2.23. The fraction of sp³-hybridized carbons (Fsp3) is 0.217. The maximum Gasteiger partial charge on any atom is 0.338 e. The molecule has 0 atom stereocenters. The third-order valence-electron chi connectivity index (χ3n) is 5.02. The molecule has 1 aliphatic rings. The Labute approximate surface area is 179 Å². The second-order valence-corrected chi connectivity index (χ2v) is 7.09. The van der Waals surface area contributed by atoms with Crippen molar-refractivity contribution in [2.75, 3.05) is 16.8 Å². The van der Waals surface area contributed by atoms with Crippen LogP contribution < -0.4 is 10.2 Å². The topological polar surface area (TPSA) is 93.5 Å². The predicted molar refractivity (Wildman–Crippen MR) is 115 cm³/mol. The molecule has 0 aliphatic carbocycles. The van der Waals surface area contributed by atoms with E-state index < -0.39 is 5.97 Å². The molecule has 2 heterocycles. The first-order valence-electron chi connectivity index (χ1n) is 10.0. The van der Waals surface area contributed by atoms with Crippen LogP contribution in [0.1, 0.15) is 39.6 Å². The first-order valence-corrected chi connectivity index (χ1v) is 10.0. The molecule has 8 nitrogen and oxygen atoms in total. The number of hydrogen-bond donors (Lipinski definition) is 1. The van der Waals surface area contributed by atoms with E-state index in [9.17, 15) is 14.4 Å². The van der Waals surface area contributed by atoms with Gasteiger partial charge in [0.25, 0.3) is 5.91 Å². The molecule has 0 saturated heterocycles. The third kappa shape index (κ3) is 4.48. The Kier molecular flexibility index (Phi) is 5.79. The smallest absolute Gasteiger partial charge is 0.338 e. The van der Waals surface area contributed by atoms with Gasteiger partial charge in [-0.3, -0.25) is 14.5 Å². The van der Waals surface area contributed by atoms with Gasteiger partial charge in [-0.2, -0.15) is 5.10 Å². The molecule has 31 heavy (non-hydrogen) atoms. The summed E-state index contributed by atoms with van der Waals surface area (Å²) in [6.45, 7) is 3.07. The summed E-state index contributed by atoms with van der Waals surface area (Å²) in [5.74, 6) is 0.180. The number of carbonyl (C=O) groups excluding carboxylic acids is 3. The number of rotatable bonds is 6. The van der Waals surface area contributed by atoms with Crippen LogP contribution in [-0.4, -0.2) is 34.2 Å². The van der Waals surface area contributed by atoms with E-state index in [2.05, 4.69) is 10.4 Å². The summed E-state index contributed by atoms with van der Waals surface area (Å²) in [6.07, 6.45) is 2.11. The van der Waals surface area contributed by atoms with Crippen LogP contribution in [0, 0.1) is 0 Å². The largest absolute Gasteiger partial charge is 0.462 e. The molecule has 1 aromatic heterocycles. The van der Waals surface area contributed by atoms with Crippen molar-refractivity contribution in [3.63, 3.8) is 0 Å². The van der Waals surface area contributed by atoms with Gasteiger partial charge < -0.3 is 10.1 Å². The van der Waals surface area contributed by atoms with E-state index in [0.717, 1.165) is 11.4 Å². The number of amides is 2. The lowest BCUT2D eigenvalue weighted by molar-refractivity contribution is -0.119. The van der Waals surface area contributed by atoms with E-state index in [1.807, 2.05) is 22.9 Å². The summed E-state index contributed by atoms with van der Waals surface area (Å²) in [6, 6.07) is 15.5. The lowest BCUT2D eigenvalue weighted by atomic mass is 10.1. The quantitative estimate of drug-likeness (QED) is 0.620. The summed E-state index contributed by atoms with van der Waals surface area (Å²) in [5.41, 5.74) is 2.42. The number of esters is 1. The van der Waals surface area contributed by atoms with Crippen molar-refractivity contribution in [3.05, 3.63) is 77.5 Å². The Bertz CT molecular complexity index is 1100. The molecule has 0 spiro atoms. The zero-order valence-electron chi connectivity index (χ0n) is 17.1. The van der Waals surface area contributed by atoms with Crippen LogP contribution in [0.4, 0.5) is 11.5 Å². The maximum atomic E-state index is 12.5. The van der Waals surface area contributed by atoms with E-state index in [1.54, 1.807) is 54.4 Å². The number of benzene rings is 2. The van der Waals surface area contributed by atoms with Gasteiger partial charge in [-0.25, -0.2) is 9.48 Å².